The third-order valence-corrected chi connectivity index (χ3v) is 7.41. The molecule has 0 N–H and O–H groups in total. The largest absolute Gasteiger partial charge is 0.493 e. The molecule has 0 saturated heterocycles. The summed E-state index contributed by atoms with van der Waals surface area (Å²) in [5.41, 5.74) is 1.05. The number of nitrogens with zero attached hydrogens (tertiary/aromatic N) is 3. The maximum atomic E-state index is 13.3. The van der Waals surface area contributed by atoms with Gasteiger partial charge in [0, 0.05) is 20.4 Å². The van der Waals surface area contributed by atoms with Gasteiger partial charge in [-0.2, -0.15) is 9.78 Å². The molecule has 0 unspecified atom stereocenters. The topological polar surface area (TPSA) is 65.7 Å². The molecule has 0 spiro atoms. The molecule has 0 fully saturated rings. The highest BCUT2D eigenvalue weighted by atomic mass is 79.9. The molecule has 1 aromatic heterocycles. The zero-order valence-electron chi connectivity index (χ0n) is 19.2. The summed E-state index contributed by atoms with van der Waals surface area (Å²) < 4.78 is 14.2. The molecule has 0 radical (unpaired) electrons. The van der Waals surface area contributed by atoms with Gasteiger partial charge in [0.15, 0.2) is 11.5 Å². The summed E-state index contributed by atoms with van der Waals surface area (Å²) in [7, 11) is 1.56. The highest BCUT2D eigenvalue weighted by molar-refractivity contribution is 9.10. The molecule has 0 bridgehead atoms. The zero-order valence-corrected chi connectivity index (χ0v) is 23.1. The van der Waals surface area contributed by atoms with Crippen LogP contribution in [0.5, 0.6) is 11.5 Å². The Balaban J connectivity index is 2.16. The van der Waals surface area contributed by atoms with E-state index in [1.165, 1.54) is 4.68 Å². The minimum absolute atomic E-state index is 0.0255. The Labute approximate surface area is 215 Å². The van der Waals surface area contributed by atoms with E-state index in [0.717, 1.165) is 17.3 Å². The van der Waals surface area contributed by atoms with Crippen LogP contribution in [0.25, 0.3) is 10.9 Å². The van der Waals surface area contributed by atoms with Crippen molar-refractivity contribution in [1.82, 2.24) is 9.66 Å². The van der Waals surface area contributed by atoms with Gasteiger partial charge in [-0.25, -0.2) is 4.98 Å². The van der Waals surface area contributed by atoms with Gasteiger partial charge < -0.3 is 9.47 Å². The molecule has 0 aliphatic rings. The number of hydrogen-bond acceptors (Lipinski definition) is 5. The monoisotopic (exact) mass is 597 g/mol. The van der Waals surface area contributed by atoms with Gasteiger partial charge in [0.05, 0.1) is 30.3 Å². The fourth-order valence-electron chi connectivity index (χ4n) is 3.14. The molecule has 0 saturated carbocycles. The molecule has 6 nitrogen and oxygen atoms in total. The van der Waals surface area contributed by atoms with Crippen molar-refractivity contribution in [2.75, 3.05) is 7.11 Å². The van der Waals surface area contributed by atoms with Crippen LogP contribution in [0.1, 0.15) is 57.8 Å². The lowest BCUT2D eigenvalue weighted by atomic mass is 10.1. The molecule has 2 aromatic carbocycles. The second-order valence-electron chi connectivity index (χ2n) is 7.76. The Morgan fingerprint density at radius 3 is 2.58 bits per heavy atom. The minimum atomic E-state index is -0.237. The zero-order chi connectivity index (χ0) is 24.3. The van der Waals surface area contributed by atoms with Crippen LogP contribution in [0.2, 0.25) is 5.02 Å². The average Bonchev–Trinajstić information content (AvgIpc) is 2.81. The third kappa shape index (κ3) is 5.44. The molecule has 176 valence electrons. The first-order valence-corrected chi connectivity index (χ1v) is 12.7. The fourth-order valence-corrected chi connectivity index (χ4v) is 4.15. The molecule has 0 aliphatic heterocycles. The number of methoxy groups -OCH3 is 1. The van der Waals surface area contributed by atoms with E-state index in [9.17, 15) is 4.79 Å². The van der Waals surface area contributed by atoms with E-state index < -0.39 is 0 Å². The number of halogens is 3. The van der Waals surface area contributed by atoms with Crippen LogP contribution in [0, 0.1) is 0 Å². The van der Waals surface area contributed by atoms with Gasteiger partial charge >= 0.3 is 0 Å². The van der Waals surface area contributed by atoms with Crippen molar-refractivity contribution in [3.63, 3.8) is 0 Å². The van der Waals surface area contributed by atoms with Gasteiger partial charge in [-0.3, -0.25) is 4.79 Å². The average molecular weight is 600 g/mol. The summed E-state index contributed by atoms with van der Waals surface area (Å²) in [6, 6.07) is 7.24. The highest BCUT2D eigenvalue weighted by Crippen LogP contribution is 2.42. The SMILES string of the molecule is CC[C@@H](C)c1nc2ccc(Br)cc2c(=O)n1N=Cc1cc(OC)c(O[C@@H](C)CC)c(Cl)c1Br. The first kappa shape index (κ1) is 25.7. The van der Waals surface area contributed by atoms with Crippen LogP contribution >= 0.6 is 43.5 Å². The minimum Gasteiger partial charge on any atom is -0.493 e. The lowest BCUT2D eigenvalue weighted by molar-refractivity contribution is 0.207. The van der Waals surface area contributed by atoms with E-state index >= 15 is 0 Å². The second-order valence-corrected chi connectivity index (χ2v) is 9.85. The predicted octanol–water partition coefficient (Wildman–Crippen LogP) is 7.16. The van der Waals surface area contributed by atoms with E-state index in [1.807, 2.05) is 39.8 Å². The van der Waals surface area contributed by atoms with Crippen molar-refractivity contribution in [2.45, 2.75) is 52.6 Å². The Morgan fingerprint density at radius 1 is 1.21 bits per heavy atom. The van der Waals surface area contributed by atoms with Crippen molar-refractivity contribution in [3.05, 3.63) is 60.0 Å². The molecule has 0 aliphatic carbocycles. The van der Waals surface area contributed by atoms with Gasteiger partial charge in [0.25, 0.3) is 5.56 Å². The molecular formula is C24H26Br2ClN3O3. The molecule has 1 heterocycles. The Bertz CT molecular complexity index is 1260. The number of ether oxygens (including phenoxy) is 2. The first-order chi connectivity index (χ1) is 15.7. The van der Waals surface area contributed by atoms with Crippen molar-refractivity contribution in [2.24, 2.45) is 5.10 Å². The lowest BCUT2D eigenvalue weighted by Gasteiger charge is -2.18. The summed E-state index contributed by atoms with van der Waals surface area (Å²) >= 11 is 13.6. The predicted molar refractivity (Wildman–Crippen MR) is 141 cm³/mol. The third-order valence-electron chi connectivity index (χ3n) is 5.47. The molecule has 2 atom stereocenters. The summed E-state index contributed by atoms with van der Waals surface area (Å²) in [4.78, 5) is 18.1. The Kier molecular flexibility index (Phi) is 8.59. The molecule has 3 rings (SSSR count). The Hall–Kier alpha value is -1.90. The number of benzene rings is 2. The standard InChI is InChI=1S/C24H26Br2ClN3O3/c1-6-13(3)23-29-18-9-8-16(25)11-17(18)24(31)30(23)28-12-15-10-19(32-5)22(21(27)20(15)26)33-14(4)7-2/h8-14H,6-7H2,1-5H3/t13-,14+/m1/s1. The summed E-state index contributed by atoms with van der Waals surface area (Å²) in [5.74, 6) is 1.59. The smallest absolute Gasteiger partial charge is 0.282 e. The van der Waals surface area contributed by atoms with Crippen LogP contribution in [-0.2, 0) is 0 Å². The van der Waals surface area contributed by atoms with Crippen LogP contribution in [0.4, 0.5) is 0 Å². The molecule has 33 heavy (non-hydrogen) atoms. The van der Waals surface area contributed by atoms with Gasteiger partial charge in [0.2, 0.25) is 0 Å². The van der Waals surface area contributed by atoms with E-state index in [4.69, 9.17) is 26.1 Å². The van der Waals surface area contributed by atoms with E-state index in [0.29, 0.717) is 43.3 Å². The van der Waals surface area contributed by atoms with Gasteiger partial charge in [-0.05, 0) is 60.0 Å². The number of rotatable bonds is 8. The lowest BCUT2D eigenvalue weighted by Crippen LogP contribution is -2.23. The van der Waals surface area contributed by atoms with Gasteiger partial charge in [-0.15, -0.1) is 0 Å². The molecule has 9 heteroatoms. The number of aromatic nitrogens is 2. The normalized spacial score (nSPS) is 13.5. The molecule has 0 amide bonds. The first-order valence-electron chi connectivity index (χ1n) is 10.7. The van der Waals surface area contributed by atoms with Crippen LogP contribution in [-0.4, -0.2) is 29.1 Å². The fraction of sp³-hybridized carbons (Fsp3) is 0.375. The Morgan fingerprint density at radius 2 is 1.94 bits per heavy atom. The molecular weight excluding hydrogens is 574 g/mol. The maximum absolute atomic E-state index is 13.3. The van der Waals surface area contributed by atoms with Crippen molar-refractivity contribution in [1.29, 1.82) is 0 Å². The van der Waals surface area contributed by atoms with Crippen LogP contribution in [0.3, 0.4) is 0 Å². The number of hydrogen-bond donors (Lipinski definition) is 0. The summed E-state index contributed by atoms with van der Waals surface area (Å²) in [6.07, 6.45) is 3.19. The van der Waals surface area contributed by atoms with Crippen LogP contribution < -0.4 is 15.0 Å². The summed E-state index contributed by atoms with van der Waals surface area (Å²) in [6.45, 7) is 8.07. The van der Waals surface area contributed by atoms with Gasteiger partial charge in [0.1, 0.15) is 10.8 Å². The van der Waals surface area contributed by atoms with Gasteiger partial charge in [-0.1, -0.05) is 48.3 Å². The highest BCUT2D eigenvalue weighted by Gasteiger charge is 2.19. The number of fused-ring (bicyclic) bond motifs is 1. The van der Waals surface area contributed by atoms with Crippen molar-refractivity contribution >= 4 is 60.6 Å². The van der Waals surface area contributed by atoms with E-state index in [2.05, 4.69) is 37.0 Å². The van der Waals surface area contributed by atoms with Crippen LogP contribution in [0.15, 0.2) is 43.1 Å². The van der Waals surface area contributed by atoms with Crippen molar-refractivity contribution in [3.8, 4) is 11.5 Å². The second kappa shape index (κ2) is 11.0. The van der Waals surface area contributed by atoms with Crippen molar-refractivity contribution < 1.29 is 9.47 Å². The van der Waals surface area contributed by atoms with E-state index in [-0.39, 0.29) is 17.6 Å². The maximum Gasteiger partial charge on any atom is 0.282 e. The quantitative estimate of drug-likeness (QED) is 0.258. The van der Waals surface area contributed by atoms with E-state index in [1.54, 1.807) is 25.5 Å². The summed E-state index contributed by atoms with van der Waals surface area (Å²) in [5, 5.41) is 5.39. The molecule has 3 aromatic rings.